The lowest BCUT2D eigenvalue weighted by atomic mass is 9.98. The van der Waals surface area contributed by atoms with Crippen LogP contribution < -0.4 is 10.6 Å². The molecule has 2 unspecified atom stereocenters. The van der Waals surface area contributed by atoms with Gasteiger partial charge in [0.25, 0.3) is 0 Å². The predicted octanol–water partition coefficient (Wildman–Crippen LogP) is -0.173. The second kappa shape index (κ2) is 6.59. The van der Waals surface area contributed by atoms with E-state index in [1.54, 1.807) is 19.0 Å². The van der Waals surface area contributed by atoms with E-state index in [0.717, 1.165) is 25.9 Å². The van der Waals surface area contributed by atoms with Crippen LogP contribution >= 0.6 is 0 Å². The molecule has 5 nitrogen and oxygen atoms in total. The molecule has 2 atom stereocenters. The first-order valence-electron chi connectivity index (χ1n) is 6.23. The van der Waals surface area contributed by atoms with Crippen molar-refractivity contribution in [3.8, 4) is 0 Å². The zero-order chi connectivity index (χ0) is 12.8. The van der Waals surface area contributed by atoms with Gasteiger partial charge in [-0.1, -0.05) is 6.92 Å². The summed E-state index contributed by atoms with van der Waals surface area (Å²) in [6.07, 6.45) is 2.00. The van der Waals surface area contributed by atoms with E-state index >= 15 is 0 Å². The third-order valence-corrected chi connectivity index (χ3v) is 3.26. The van der Waals surface area contributed by atoms with Gasteiger partial charge < -0.3 is 15.5 Å². The van der Waals surface area contributed by atoms with Gasteiger partial charge in [0, 0.05) is 27.2 Å². The molecule has 17 heavy (non-hydrogen) atoms. The van der Waals surface area contributed by atoms with Crippen molar-refractivity contribution in [1.29, 1.82) is 0 Å². The van der Waals surface area contributed by atoms with Gasteiger partial charge in [-0.15, -0.1) is 0 Å². The van der Waals surface area contributed by atoms with Crippen LogP contribution in [-0.4, -0.2) is 50.4 Å². The van der Waals surface area contributed by atoms with Gasteiger partial charge in [-0.05, 0) is 19.4 Å². The highest BCUT2D eigenvalue weighted by Gasteiger charge is 2.25. The predicted molar refractivity (Wildman–Crippen MR) is 66.5 cm³/mol. The number of hydrogen-bond acceptors (Lipinski definition) is 3. The molecule has 0 bridgehead atoms. The molecule has 0 aromatic carbocycles. The van der Waals surface area contributed by atoms with Crippen LogP contribution in [-0.2, 0) is 9.59 Å². The largest absolute Gasteiger partial charge is 0.359 e. The Morgan fingerprint density at radius 3 is 2.76 bits per heavy atom. The minimum absolute atomic E-state index is 0.0218. The van der Waals surface area contributed by atoms with Crippen LogP contribution in [0.15, 0.2) is 0 Å². The Morgan fingerprint density at radius 2 is 2.24 bits per heavy atom. The van der Waals surface area contributed by atoms with Gasteiger partial charge in [0.2, 0.25) is 11.8 Å². The molecule has 1 heterocycles. The Hall–Kier alpha value is -1.10. The number of hydrogen-bond donors (Lipinski definition) is 2. The summed E-state index contributed by atoms with van der Waals surface area (Å²) in [5, 5.41) is 5.83. The molecule has 5 heteroatoms. The molecule has 2 N–H and O–H groups in total. The fourth-order valence-corrected chi connectivity index (χ4v) is 2.20. The van der Waals surface area contributed by atoms with E-state index in [4.69, 9.17) is 0 Å². The first-order chi connectivity index (χ1) is 8.06. The molecular formula is C12H23N3O2. The average Bonchev–Trinajstić information content (AvgIpc) is 2.37. The summed E-state index contributed by atoms with van der Waals surface area (Å²) in [7, 11) is 3.39. The van der Waals surface area contributed by atoms with Crippen LogP contribution in [0, 0.1) is 11.8 Å². The van der Waals surface area contributed by atoms with Crippen molar-refractivity contribution in [3.63, 3.8) is 0 Å². The number of carbonyl (C=O) groups excluding carboxylic acids is 2. The van der Waals surface area contributed by atoms with Crippen molar-refractivity contribution < 1.29 is 9.59 Å². The molecule has 1 aliphatic heterocycles. The molecular weight excluding hydrogens is 218 g/mol. The second-order valence-corrected chi connectivity index (χ2v) is 4.78. The molecule has 0 radical (unpaired) electrons. The van der Waals surface area contributed by atoms with Gasteiger partial charge in [-0.25, -0.2) is 0 Å². The van der Waals surface area contributed by atoms with E-state index in [1.165, 1.54) is 0 Å². The number of amides is 2. The van der Waals surface area contributed by atoms with Gasteiger partial charge in [0.05, 0.1) is 11.8 Å². The van der Waals surface area contributed by atoms with Gasteiger partial charge in [-0.2, -0.15) is 0 Å². The monoisotopic (exact) mass is 241 g/mol. The van der Waals surface area contributed by atoms with Crippen molar-refractivity contribution in [2.75, 3.05) is 33.7 Å². The maximum Gasteiger partial charge on any atom is 0.226 e. The SMILES string of the molecule is CNC(=O)C(C)CN(C)C(=O)C1CCCNC1. The molecule has 1 saturated heterocycles. The molecule has 2 amide bonds. The number of rotatable bonds is 4. The molecule has 0 spiro atoms. The lowest BCUT2D eigenvalue weighted by molar-refractivity contribution is -0.136. The minimum Gasteiger partial charge on any atom is -0.359 e. The smallest absolute Gasteiger partial charge is 0.226 e. The van der Waals surface area contributed by atoms with E-state index in [9.17, 15) is 9.59 Å². The summed E-state index contributed by atoms with van der Waals surface area (Å²) in [5.74, 6) is 0.0375. The number of nitrogens with one attached hydrogen (secondary N) is 2. The molecule has 98 valence electrons. The third-order valence-electron chi connectivity index (χ3n) is 3.26. The molecule has 0 aromatic heterocycles. The van der Waals surface area contributed by atoms with Crippen LogP contribution in [0.3, 0.4) is 0 Å². The van der Waals surface area contributed by atoms with E-state index < -0.39 is 0 Å². The Labute approximate surface area is 103 Å². The highest BCUT2D eigenvalue weighted by molar-refractivity contribution is 5.81. The number of nitrogens with zero attached hydrogens (tertiary/aromatic N) is 1. The van der Waals surface area contributed by atoms with Crippen molar-refractivity contribution in [3.05, 3.63) is 0 Å². The maximum absolute atomic E-state index is 12.1. The third kappa shape index (κ3) is 4.00. The maximum atomic E-state index is 12.1. The lowest BCUT2D eigenvalue weighted by Crippen LogP contribution is -2.44. The van der Waals surface area contributed by atoms with Crippen LogP contribution in [0.4, 0.5) is 0 Å². The molecule has 0 aliphatic carbocycles. The zero-order valence-electron chi connectivity index (χ0n) is 11.0. The topological polar surface area (TPSA) is 61.4 Å². The first kappa shape index (κ1) is 14.0. The van der Waals surface area contributed by atoms with E-state index in [1.807, 2.05) is 6.92 Å². The van der Waals surface area contributed by atoms with Crippen molar-refractivity contribution >= 4 is 11.8 Å². The summed E-state index contributed by atoms with van der Waals surface area (Å²) >= 11 is 0. The fraction of sp³-hybridized carbons (Fsp3) is 0.833. The fourth-order valence-electron chi connectivity index (χ4n) is 2.20. The summed E-state index contributed by atoms with van der Waals surface area (Å²) < 4.78 is 0. The van der Waals surface area contributed by atoms with Gasteiger partial charge in [0.1, 0.15) is 0 Å². The summed E-state index contributed by atoms with van der Waals surface area (Å²) in [5.41, 5.74) is 0. The highest BCUT2D eigenvalue weighted by Crippen LogP contribution is 2.13. The highest BCUT2D eigenvalue weighted by atomic mass is 16.2. The Kier molecular flexibility index (Phi) is 5.41. The normalized spacial score (nSPS) is 21.7. The van der Waals surface area contributed by atoms with Crippen molar-refractivity contribution in [2.45, 2.75) is 19.8 Å². The first-order valence-corrected chi connectivity index (χ1v) is 6.23. The summed E-state index contributed by atoms with van der Waals surface area (Å²) in [6, 6.07) is 0. The lowest BCUT2D eigenvalue weighted by Gasteiger charge is -2.28. The number of piperidine rings is 1. The molecule has 0 aromatic rings. The van der Waals surface area contributed by atoms with Crippen LogP contribution in [0.1, 0.15) is 19.8 Å². The van der Waals surface area contributed by atoms with Crippen LogP contribution in [0.2, 0.25) is 0 Å². The average molecular weight is 241 g/mol. The van der Waals surface area contributed by atoms with E-state index in [2.05, 4.69) is 10.6 Å². The molecule has 1 aliphatic rings. The van der Waals surface area contributed by atoms with Crippen LogP contribution in [0.5, 0.6) is 0 Å². The summed E-state index contributed by atoms with van der Waals surface area (Å²) in [6.45, 7) is 4.08. The van der Waals surface area contributed by atoms with Crippen molar-refractivity contribution in [1.82, 2.24) is 15.5 Å². The Bertz CT molecular complexity index is 275. The van der Waals surface area contributed by atoms with Crippen LogP contribution in [0.25, 0.3) is 0 Å². The quantitative estimate of drug-likeness (QED) is 0.718. The molecule has 0 saturated carbocycles. The van der Waals surface area contributed by atoms with E-state index in [0.29, 0.717) is 6.54 Å². The second-order valence-electron chi connectivity index (χ2n) is 4.78. The van der Waals surface area contributed by atoms with Gasteiger partial charge in [-0.3, -0.25) is 9.59 Å². The zero-order valence-corrected chi connectivity index (χ0v) is 11.0. The minimum atomic E-state index is -0.162. The number of carbonyl (C=O) groups is 2. The molecule has 1 fully saturated rings. The van der Waals surface area contributed by atoms with Gasteiger partial charge >= 0.3 is 0 Å². The van der Waals surface area contributed by atoms with Crippen molar-refractivity contribution in [2.24, 2.45) is 11.8 Å². The van der Waals surface area contributed by atoms with E-state index in [-0.39, 0.29) is 23.7 Å². The Morgan fingerprint density at radius 1 is 1.53 bits per heavy atom. The molecule has 1 rings (SSSR count). The Balaban J connectivity index is 2.43. The standard InChI is InChI=1S/C12H23N3O2/c1-9(11(16)13-2)8-15(3)12(17)10-5-4-6-14-7-10/h9-10,14H,4-8H2,1-3H3,(H,13,16). The van der Waals surface area contributed by atoms with Gasteiger partial charge in [0.15, 0.2) is 0 Å². The summed E-state index contributed by atoms with van der Waals surface area (Å²) in [4.78, 5) is 25.2.